The van der Waals surface area contributed by atoms with Crippen molar-refractivity contribution in [2.24, 2.45) is 4.99 Å². The lowest BCUT2D eigenvalue weighted by Crippen LogP contribution is -2.43. The lowest BCUT2D eigenvalue weighted by atomic mass is 9.88. The van der Waals surface area contributed by atoms with Crippen molar-refractivity contribution >= 4 is 39.8 Å². The van der Waals surface area contributed by atoms with Crippen molar-refractivity contribution in [2.75, 3.05) is 0 Å². The molecule has 1 unspecified atom stereocenters. The van der Waals surface area contributed by atoms with Crippen molar-refractivity contribution in [1.29, 1.82) is 0 Å². The number of para-hydroxylation sites is 1. The second kappa shape index (κ2) is 5.04. The smallest absolute Gasteiger partial charge is 0.193 e. The third-order valence-corrected chi connectivity index (χ3v) is 4.33. The van der Waals surface area contributed by atoms with Gasteiger partial charge in [-0.3, -0.25) is 4.79 Å². The van der Waals surface area contributed by atoms with Crippen molar-refractivity contribution in [3.63, 3.8) is 0 Å². The number of rotatable bonds is 2. The highest BCUT2D eigenvalue weighted by molar-refractivity contribution is 6.77. The summed E-state index contributed by atoms with van der Waals surface area (Å²) in [5.74, 6) is -0.196. The van der Waals surface area contributed by atoms with Crippen LogP contribution in [0.25, 0.3) is 0 Å². The molecule has 100 valence electrons. The number of nitrogens with zero attached hydrogens (tertiary/aromatic N) is 1. The average Bonchev–Trinajstić information content (AvgIpc) is 2.47. The van der Waals surface area contributed by atoms with E-state index in [0.29, 0.717) is 17.7 Å². The summed E-state index contributed by atoms with van der Waals surface area (Å²) in [4.78, 5) is 15.6. The van der Waals surface area contributed by atoms with Crippen LogP contribution in [0.5, 0.6) is 0 Å². The van der Waals surface area contributed by atoms with E-state index in [0.717, 1.165) is 5.56 Å². The fraction of sp³-hybridized carbons (Fsp3) is 0.125. The molecule has 0 radical (unpaired) electrons. The van der Waals surface area contributed by atoms with E-state index in [9.17, 15) is 4.79 Å². The molecule has 0 N–H and O–H groups in total. The Bertz CT molecular complexity index is 697. The Morgan fingerprint density at radius 2 is 1.65 bits per heavy atom. The molecule has 0 fully saturated rings. The first-order valence-corrected chi connectivity index (χ1v) is 6.98. The number of fused-ring (bicyclic) bond motifs is 1. The molecule has 1 heterocycles. The molecule has 0 saturated heterocycles. The number of halogens is 2. The van der Waals surface area contributed by atoms with Crippen LogP contribution < -0.4 is 0 Å². The Hall–Kier alpha value is -1.64. The summed E-state index contributed by atoms with van der Waals surface area (Å²) in [5, 5.41) is 0.131. The van der Waals surface area contributed by atoms with E-state index >= 15 is 0 Å². The maximum Gasteiger partial charge on any atom is 0.193 e. The number of alkyl halides is 1. The highest BCUT2D eigenvalue weighted by Gasteiger charge is 2.45. The second-order valence-electron chi connectivity index (χ2n) is 4.71. The van der Waals surface area contributed by atoms with Crippen LogP contribution in [0, 0.1) is 0 Å². The Kier molecular flexibility index (Phi) is 3.36. The molecule has 0 bridgehead atoms. The van der Waals surface area contributed by atoms with Crippen molar-refractivity contribution in [2.45, 2.75) is 11.3 Å². The SMILES string of the molecule is O=C1c2ccccc2N=C(Cl)C1(Cl)Cc1ccccc1. The molecule has 0 spiro atoms. The zero-order valence-corrected chi connectivity index (χ0v) is 12.0. The molecule has 0 saturated carbocycles. The quantitative estimate of drug-likeness (QED) is 0.757. The molecule has 0 amide bonds. The molecule has 1 aliphatic rings. The van der Waals surface area contributed by atoms with Gasteiger partial charge in [0.25, 0.3) is 0 Å². The summed E-state index contributed by atoms with van der Waals surface area (Å²) in [7, 11) is 0. The number of hydrogen-bond donors (Lipinski definition) is 0. The highest BCUT2D eigenvalue weighted by Crippen LogP contribution is 2.38. The minimum absolute atomic E-state index is 0.131. The van der Waals surface area contributed by atoms with E-state index in [1.165, 1.54) is 0 Å². The van der Waals surface area contributed by atoms with Gasteiger partial charge >= 0.3 is 0 Å². The number of carbonyl (C=O) groups excluding carboxylic acids is 1. The van der Waals surface area contributed by atoms with Gasteiger partial charge in [-0.25, -0.2) is 4.99 Å². The number of aliphatic imine (C=N–C) groups is 1. The van der Waals surface area contributed by atoms with E-state index in [1.54, 1.807) is 18.2 Å². The number of Topliss-reactive ketones (excluding diaryl/α,β-unsaturated/α-hetero) is 1. The molecule has 20 heavy (non-hydrogen) atoms. The summed E-state index contributed by atoms with van der Waals surface area (Å²) in [6.45, 7) is 0. The lowest BCUT2D eigenvalue weighted by molar-refractivity contribution is 0.0966. The van der Waals surface area contributed by atoms with Crippen molar-refractivity contribution in [3.8, 4) is 0 Å². The number of hydrogen-bond acceptors (Lipinski definition) is 2. The minimum Gasteiger partial charge on any atom is -0.292 e. The standard InChI is InChI=1S/C16H11Cl2NO/c17-15-16(18,10-11-6-2-1-3-7-11)14(20)12-8-4-5-9-13(12)19-15/h1-9H,10H2. The van der Waals surface area contributed by atoms with Gasteiger partial charge < -0.3 is 0 Å². The molecule has 0 aromatic heterocycles. The summed E-state index contributed by atoms with van der Waals surface area (Å²) < 4.78 is 0. The Morgan fingerprint density at radius 1 is 1.00 bits per heavy atom. The fourth-order valence-corrected chi connectivity index (χ4v) is 2.84. The second-order valence-corrected chi connectivity index (χ2v) is 5.72. The van der Waals surface area contributed by atoms with Gasteiger partial charge in [-0.15, -0.1) is 11.6 Å². The average molecular weight is 304 g/mol. The third kappa shape index (κ3) is 2.15. The summed E-state index contributed by atoms with van der Waals surface area (Å²) >= 11 is 12.7. The zero-order chi connectivity index (χ0) is 14.2. The van der Waals surface area contributed by atoms with Crippen LogP contribution in [-0.4, -0.2) is 15.8 Å². The van der Waals surface area contributed by atoms with Crippen molar-refractivity contribution < 1.29 is 4.79 Å². The fourth-order valence-electron chi connectivity index (χ4n) is 2.29. The largest absolute Gasteiger partial charge is 0.292 e. The van der Waals surface area contributed by atoms with Gasteiger partial charge in [-0.2, -0.15) is 0 Å². The third-order valence-electron chi connectivity index (χ3n) is 3.34. The molecular formula is C16H11Cl2NO. The van der Waals surface area contributed by atoms with Crippen LogP contribution in [0.3, 0.4) is 0 Å². The number of benzene rings is 2. The zero-order valence-electron chi connectivity index (χ0n) is 10.5. The molecule has 2 nitrogen and oxygen atoms in total. The molecule has 1 atom stereocenters. The lowest BCUT2D eigenvalue weighted by Gasteiger charge is -2.28. The van der Waals surface area contributed by atoms with E-state index in [-0.39, 0.29) is 11.0 Å². The van der Waals surface area contributed by atoms with Crippen molar-refractivity contribution in [1.82, 2.24) is 0 Å². The van der Waals surface area contributed by atoms with Crippen LogP contribution in [0.4, 0.5) is 5.69 Å². The topological polar surface area (TPSA) is 29.4 Å². The van der Waals surface area contributed by atoms with Gasteiger partial charge in [0.1, 0.15) is 5.17 Å². The molecule has 0 aliphatic carbocycles. The van der Waals surface area contributed by atoms with Gasteiger partial charge in [0.05, 0.1) is 5.69 Å². The predicted octanol–water partition coefficient (Wildman–Crippen LogP) is 4.37. The van der Waals surface area contributed by atoms with Gasteiger partial charge in [0, 0.05) is 12.0 Å². The molecular weight excluding hydrogens is 293 g/mol. The Morgan fingerprint density at radius 3 is 2.40 bits per heavy atom. The van der Waals surface area contributed by atoms with Crippen molar-refractivity contribution in [3.05, 3.63) is 65.7 Å². The van der Waals surface area contributed by atoms with Crippen LogP contribution >= 0.6 is 23.2 Å². The molecule has 1 aliphatic heterocycles. The minimum atomic E-state index is -1.31. The molecule has 3 rings (SSSR count). The molecule has 4 heteroatoms. The summed E-state index contributed by atoms with van der Waals surface area (Å²) in [6.07, 6.45) is 0.324. The van der Waals surface area contributed by atoms with Gasteiger partial charge in [-0.05, 0) is 17.7 Å². The summed E-state index contributed by atoms with van der Waals surface area (Å²) in [5.41, 5.74) is 2.04. The monoisotopic (exact) mass is 303 g/mol. The Balaban J connectivity index is 2.05. The van der Waals surface area contributed by atoms with E-state index in [2.05, 4.69) is 4.99 Å². The number of carbonyl (C=O) groups is 1. The molecule has 2 aromatic carbocycles. The Labute approximate surface area is 127 Å². The van der Waals surface area contributed by atoms with E-state index in [4.69, 9.17) is 23.2 Å². The summed E-state index contributed by atoms with van der Waals surface area (Å²) in [6, 6.07) is 16.7. The first-order valence-electron chi connectivity index (χ1n) is 6.22. The van der Waals surface area contributed by atoms with Gasteiger partial charge in [-0.1, -0.05) is 54.1 Å². The maximum atomic E-state index is 12.7. The van der Waals surface area contributed by atoms with Crippen LogP contribution in [0.1, 0.15) is 15.9 Å². The molecule has 2 aromatic rings. The first kappa shape index (κ1) is 13.3. The van der Waals surface area contributed by atoms with Crippen LogP contribution in [-0.2, 0) is 6.42 Å². The maximum absolute atomic E-state index is 12.7. The normalized spacial score (nSPS) is 21.3. The van der Waals surface area contributed by atoms with E-state index < -0.39 is 4.87 Å². The van der Waals surface area contributed by atoms with Gasteiger partial charge in [0.2, 0.25) is 0 Å². The van der Waals surface area contributed by atoms with Crippen LogP contribution in [0.15, 0.2) is 59.6 Å². The number of ketones is 1. The first-order chi connectivity index (χ1) is 9.61. The highest BCUT2D eigenvalue weighted by atomic mass is 35.5. The van der Waals surface area contributed by atoms with Gasteiger partial charge in [0.15, 0.2) is 10.7 Å². The van der Waals surface area contributed by atoms with Crippen LogP contribution in [0.2, 0.25) is 0 Å². The van der Waals surface area contributed by atoms with E-state index in [1.807, 2.05) is 36.4 Å². The predicted molar refractivity (Wildman–Crippen MR) is 82.5 cm³/mol.